The van der Waals surface area contributed by atoms with Crippen LogP contribution in [0.4, 0.5) is 5.69 Å². The van der Waals surface area contributed by atoms with Gasteiger partial charge in [-0.2, -0.15) is 5.26 Å². The number of likely N-dealkylation sites (tertiary alicyclic amines) is 1. The fourth-order valence-corrected chi connectivity index (χ4v) is 3.29. The van der Waals surface area contributed by atoms with Crippen LogP contribution >= 0.6 is 0 Å². The molecule has 2 aromatic carbocycles. The number of nitrogens with zero attached hydrogens (tertiary/aromatic N) is 2. The number of anilines is 1. The molecule has 1 N–H and O–H groups in total. The van der Waals surface area contributed by atoms with Crippen LogP contribution in [0.5, 0.6) is 0 Å². The summed E-state index contributed by atoms with van der Waals surface area (Å²) < 4.78 is 5.10. The van der Waals surface area contributed by atoms with Crippen molar-refractivity contribution in [3.05, 3.63) is 65.7 Å². The van der Waals surface area contributed by atoms with Gasteiger partial charge in [-0.3, -0.25) is 14.4 Å². The van der Waals surface area contributed by atoms with Crippen LogP contribution in [0.3, 0.4) is 0 Å². The van der Waals surface area contributed by atoms with Gasteiger partial charge in [0.2, 0.25) is 5.91 Å². The van der Waals surface area contributed by atoms with Gasteiger partial charge in [0.15, 0.2) is 6.61 Å². The second kappa shape index (κ2) is 9.02. The lowest BCUT2D eigenvalue weighted by atomic mass is 10.1. The number of carbonyl (C=O) groups is 3. The predicted octanol–water partition coefficient (Wildman–Crippen LogP) is 2.65. The molecule has 1 heterocycles. The molecule has 7 nitrogen and oxygen atoms in total. The van der Waals surface area contributed by atoms with E-state index in [4.69, 9.17) is 10.00 Å². The first kappa shape index (κ1) is 20.1. The molecule has 0 radical (unpaired) electrons. The van der Waals surface area contributed by atoms with Crippen LogP contribution in [0, 0.1) is 17.2 Å². The molecule has 7 heteroatoms. The number of nitrogens with one attached hydrogen (secondary N) is 1. The summed E-state index contributed by atoms with van der Waals surface area (Å²) in [5.41, 5.74) is 1.86. The van der Waals surface area contributed by atoms with Crippen molar-refractivity contribution >= 4 is 23.5 Å². The van der Waals surface area contributed by atoms with E-state index in [1.54, 1.807) is 23.1 Å². The van der Waals surface area contributed by atoms with Gasteiger partial charge in [-0.15, -0.1) is 0 Å². The molecule has 1 saturated heterocycles. The zero-order chi connectivity index (χ0) is 20.8. The molecule has 29 heavy (non-hydrogen) atoms. The average molecular weight is 391 g/mol. The minimum absolute atomic E-state index is 0.0713. The Morgan fingerprint density at radius 1 is 1.24 bits per heavy atom. The van der Waals surface area contributed by atoms with Gasteiger partial charge in [0.1, 0.15) is 0 Å². The second-order valence-corrected chi connectivity index (χ2v) is 6.88. The molecular weight excluding hydrogens is 370 g/mol. The van der Waals surface area contributed by atoms with Crippen molar-refractivity contribution in [3.8, 4) is 6.07 Å². The van der Waals surface area contributed by atoms with E-state index >= 15 is 0 Å². The number of nitriles is 1. The van der Waals surface area contributed by atoms with Crippen molar-refractivity contribution in [1.29, 1.82) is 5.26 Å². The lowest BCUT2D eigenvalue weighted by Gasteiger charge is -2.25. The summed E-state index contributed by atoms with van der Waals surface area (Å²) in [7, 11) is 0. The number of benzene rings is 2. The van der Waals surface area contributed by atoms with Crippen molar-refractivity contribution in [2.45, 2.75) is 19.4 Å². The average Bonchev–Trinajstić information content (AvgIpc) is 3.14. The number of hydrogen-bond donors (Lipinski definition) is 1. The largest absolute Gasteiger partial charge is 0.455 e. The minimum Gasteiger partial charge on any atom is -0.455 e. The van der Waals surface area contributed by atoms with Gasteiger partial charge in [0.05, 0.1) is 23.6 Å². The molecule has 0 bridgehead atoms. The number of rotatable bonds is 6. The molecule has 3 rings (SSSR count). The Hall–Kier alpha value is -3.66. The molecule has 1 aliphatic rings. The van der Waals surface area contributed by atoms with Crippen LogP contribution in [0.1, 0.15) is 30.5 Å². The van der Waals surface area contributed by atoms with Crippen LogP contribution in [-0.2, 0) is 19.1 Å². The highest BCUT2D eigenvalue weighted by molar-refractivity contribution is 5.93. The van der Waals surface area contributed by atoms with E-state index in [2.05, 4.69) is 5.32 Å². The maximum atomic E-state index is 12.4. The van der Waals surface area contributed by atoms with Gasteiger partial charge in [-0.25, -0.2) is 0 Å². The molecule has 2 atom stereocenters. The van der Waals surface area contributed by atoms with E-state index in [-0.39, 0.29) is 24.9 Å². The summed E-state index contributed by atoms with van der Waals surface area (Å²) in [5, 5.41) is 11.5. The fraction of sp³-hybridized carbons (Fsp3) is 0.273. The van der Waals surface area contributed by atoms with Crippen LogP contribution in [0.2, 0.25) is 0 Å². The van der Waals surface area contributed by atoms with E-state index in [0.29, 0.717) is 11.3 Å². The fourth-order valence-electron chi connectivity index (χ4n) is 3.29. The maximum absolute atomic E-state index is 12.4. The third-order valence-corrected chi connectivity index (χ3v) is 4.86. The van der Waals surface area contributed by atoms with Crippen molar-refractivity contribution in [3.63, 3.8) is 0 Å². The Bertz CT molecular complexity index is 952. The minimum atomic E-state index is -0.594. The Labute approximate surface area is 168 Å². The topological polar surface area (TPSA) is 99.5 Å². The molecule has 2 amide bonds. The predicted molar refractivity (Wildman–Crippen MR) is 105 cm³/mol. The molecule has 148 valence electrons. The van der Waals surface area contributed by atoms with Crippen molar-refractivity contribution in [2.75, 3.05) is 18.5 Å². The van der Waals surface area contributed by atoms with Crippen molar-refractivity contribution < 1.29 is 19.1 Å². The van der Waals surface area contributed by atoms with Crippen LogP contribution in [0.25, 0.3) is 0 Å². The van der Waals surface area contributed by atoms with E-state index in [9.17, 15) is 14.4 Å². The lowest BCUT2D eigenvalue weighted by Crippen LogP contribution is -2.30. The van der Waals surface area contributed by atoms with E-state index in [1.807, 2.05) is 43.3 Å². The SMILES string of the molecule is C[C@@H](c1ccccc1)N1C[C@H](C(=O)OCC(=O)Nc2cccc(C#N)c2)CC1=O. The van der Waals surface area contributed by atoms with Crippen LogP contribution in [-0.4, -0.2) is 35.8 Å². The van der Waals surface area contributed by atoms with E-state index in [0.717, 1.165) is 5.56 Å². The standard InChI is InChI=1S/C22H21N3O4/c1-15(17-7-3-2-4-8-17)25-13-18(11-21(25)27)22(28)29-14-20(26)24-19-9-5-6-16(10-19)12-23/h2-10,15,18H,11,13-14H2,1H3,(H,24,26)/t15-,18+/m0/s1. The molecule has 0 aromatic heterocycles. The normalized spacial score (nSPS) is 16.8. The zero-order valence-electron chi connectivity index (χ0n) is 16.0. The highest BCUT2D eigenvalue weighted by atomic mass is 16.5. The lowest BCUT2D eigenvalue weighted by molar-refractivity contribution is -0.151. The third-order valence-electron chi connectivity index (χ3n) is 4.86. The van der Waals surface area contributed by atoms with E-state index in [1.165, 1.54) is 6.07 Å². The Kier molecular flexibility index (Phi) is 6.25. The number of amides is 2. The quantitative estimate of drug-likeness (QED) is 0.763. The van der Waals surface area contributed by atoms with Gasteiger partial charge in [0, 0.05) is 18.7 Å². The molecule has 1 aliphatic heterocycles. The van der Waals surface area contributed by atoms with Crippen molar-refractivity contribution in [2.24, 2.45) is 5.92 Å². The summed E-state index contributed by atoms with van der Waals surface area (Å²) in [6.45, 7) is 1.73. The smallest absolute Gasteiger partial charge is 0.311 e. The first-order valence-corrected chi connectivity index (χ1v) is 9.29. The summed E-state index contributed by atoms with van der Waals surface area (Å²) in [6, 6.07) is 17.9. The molecule has 0 unspecified atom stereocenters. The van der Waals surface area contributed by atoms with Gasteiger partial charge < -0.3 is 15.0 Å². The summed E-state index contributed by atoms with van der Waals surface area (Å²) in [4.78, 5) is 38.4. The Morgan fingerprint density at radius 2 is 2.00 bits per heavy atom. The molecule has 1 fully saturated rings. The van der Waals surface area contributed by atoms with E-state index < -0.39 is 24.4 Å². The maximum Gasteiger partial charge on any atom is 0.311 e. The molecule has 0 saturated carbocycles. The highest BCUT2D eigenvalue weighted by Crippen LogP contribution is 2.29. The molecule has 2 aromatic rings. The molecule has 0 aliphatic carbocycles. The molecular formula is C22H21N3O4. The number of hydrogen-bond acceptors (Lipinski definition) is 5. The number of esters is 1. The zero-order valence-corrected chi connectivity index (χ0v) is 16.0. The van der Waals surface area contributed by atoms with Gasteiger partial charge in [-0.1, -0.05) is 36.4 Å². The molecule has 0 spiro atoms. The van der Waals surface area contributed by atoms with Gasteiger partial charge in [0.25, 0.3) is 5.91 Å². The van der Waals surface area contributed by atoms with Gasteiger partial charge in [-0.05, 0) is 30.7 Å². The first-order valence-electron chi connectivity index (χ1n) is 9.29. The Balaban J connectivity index is 1.51. The number of ether oxygens (including phenoxy) is 1. The van der Waals surface area contributed by atoms with Crippen LogP contribution < -0.4 is 5.32 Å². The summed E-state index contributed by atoms with van der Waals surface area (Å²) in [6.07, 6.45) is 0.0713. The highest BCUT2D eigenvalue weighted by Gasteiger charge is 2.38. The third kappa shape index (κ3) is 4.99. The number of carbonyl (C=O) groups excluding carboxylic acids is 3. The van der Waals surface area contributed by atoms with Crippen LogP contribution in [0.15, 0.2) is 54.6 Å². The van der Waals surface area contributed by atoms with Crippen molar-refractivity contribution in [1.82, 2.24) is 4.90 Å². The summed E-state index contributed by atoms with van der Waals surface area (Å²) in [5.74, 6) is -1.78. The van der Waals surface area contributed by atoms with Gasteiger partial charge >= 0.3 is 5.97 Å². The monoisotopic (exact) mass is 391 g/mol. The summed E-state index contributed by atoms with van der Waals surface area (Å²) >= 11 is 0. The Morgan fingerprint density at radius 3 is 2.72 bits per heavy atom. The second-order valence-electron chi connectivity index (χ2n) is 6.88. The first-order chi connectivity index (χ1) is 14.0.